The van der Waals surface area contributed by atoms with Crippen LogP contribution in [0.2, 0.25) is 0 Å². The maximum Gasteiger partial charge on any atom is 0.329 e. The number of aromatic nitrogens is 8. The molecule has 2 saturated heterocycles. The third kappa shape index (κ3) is 29.4. The highest BCUT2D eigenvalue weighted by atomic mass is 16.6. The molecule has 3 fully saturated rings. The standard InChI is InChI=1S/C88H135N13O21/c1-58-20-13-12-14-21-59(2)74(109-9)53-67-26-23-63(6)88(108,122-67)82(105)85(106)100-31-17-15-22-70(100)86(107)120-75(54-71(102)60(3)49-62(5)80(104)81(111-11)79(103)61(4)48-58)68(89)50-64-24-27-73(76(51-64)110-10)119-47-46-118-56-66-55-99(97-95-66)33-35-113-37-39-115-41-43-117-45-44-116-42-40-114-38-36-112-34-19-30-91-29-16-18-32-101-84-77(83(98(7)8)92-57-93-84)78(96-101)65-25-28-72-69(52-65)94-87(90)121-72/h12-14,20-21,25,28,49,52,55,57-58,60-61,63-64,67-68,70,73-76,80-81,91,104,108H,15-19,22-24,26-27,29-48,50-51,53-54,56,89H2,1-11H3,(H2,90,94)/b14-12?,20-13+,59-21?,62-49+/t58-,60-,61-,63-,64+,67+,68-,70+,73-,74+,75+,76-,80-,81+,88-/m1/s1. The second-order valence-corrected chi connectivity index (χ2v) is 32.7. The predicted octanol–water partition coefficient (Wildman–Crippen LogP) is 7.86. The second-order valence-electron chi connectivity index (χ2n) is 32.7. The molecule has 4 aromatic heterocycles. The number of ketones is 3. The number of piperidine rings is 1. The topological polar surface area (TPSA) is 417 Å². The van der Waals surface area contributed by atoms with Gasteiger partial charge in [0.25, 0.3) is 17.7 Å². The van der Waals surface area contributed by atoms with Gasteiger partial charge in [0.1, 0.15) is 59.2 Å². The van der Waals surface area contributed by atoms with Gasteiger partial charge in [-0.15, -0.1) is 5.10 Å². The van der Waals surface area contributed by atoms with Gasteiger partial charge >= 0.3 is 5.97 Å². The van der Waals surface area contributed by atoms with Crippen molar-refractivity contribution in [1.29, 1.82) is 0 Å². The molecule has 0 unspecified atom stereocenters. The summed E-state index contributed by atoms with van der Waals surface area (Å²) in [5.74, 6) is -7.56. The number of nitrogen functional groups attached to an aromatic ring is 1. The zero-order chi connectivity index (χ0) is 87.5. The number of rotatable bonds is 41. The highest BCUT2D eigenvalue weighted by Gasteiger charge is 2.53. The number of unbranched alkanes of at least 4 members (excludes halogenated alkanes) is 1. The molecule has 7 N–H and O–H groups in total. The molecule has 9 rings (SSSR count). The van der Waals surface area contributed by atoms with Crippen LogP contribution in [-0.4, -0.2) is 292 Å². The van der Waals surface area contributed by atoms with Crippen LogP contribution in [0.4, 0.5) is 11.8 Å². The van der Waals surface area contributed by atoms with Gasteiger partial charge in [0.15, 0.2) is 17.0 Å². The third-order valence-corrected chi connectivity index (χ3v) is 23.1. The Labute approximate surface area is 717 Å². The van der Waals surface area contributed by atoms with Crippen molar-refractivity contribution in [3.05, 3.63) is 84.0 Å². The first-order valence-electron chi connectivity index (χ1n) is 43.5. The normalized spacial score (nSPS) is 26.5. The van der Waals surface area contributed by atoms with Crippen molar-refractivity contribution in [3.63, 3.8) is 0 Å². The Morgan fingerprint density at radius 3 is 2.15 bits per heavy atom. The lowest BCUT2D eigenvalue weighted by Gasteiger charge is -2.42. The average Bonchev–Trinajstić information content (AvgIpc) is 1.58. The number of cyclic esters (lactones) is 1. The molecule has 2 bridgehead atoms. The largest absolute Gasteiger partial charge is 0.459 e. The zero-order valence-corrected chi connectivity index (χ0v) is 73.5. The highest BCUT2D eigenvalue weighted by Crippen LogP contribution is 2.39. The Kier molecular flexibility index (Phi) is 41.0. The fraction of sp³-hybridized carbons (Fsp3) is 0.693. The van der Waals surface area contributed by atoms with E-state index in [9.17, 15) is 34.2 Å². The summed E-state index contributed by atoms with van der Waals surface area (Å²) in [6.45, 7) is 20.0. The van der Waals surface area contributed by atoms with Gasteiger partial charge < -0.3 is 103 Å². The van der Waals surface area contributed by atoms with Crippen LogP contribution in [0, 0.1) is 29.6 Å². The van der Waals surface area contributed by atoms with Crippen LogP contribution in [0.3, 0.4) is 0 Å². The molecular formula is C88H135N13O21. The number of methoxy groups -OCH3 is 3. The fourth-order valence-corrected chi connectivity index (χ4v) is 16.1. The number of ether oxygens (including phenoxy) is 13. The number of amides is 1. The number of allylic oxidation sites excluding steroid dienone is 6. The molecular weight excluding hydrogens is 1580 g/mol. The van der Waals surface area contributed by atoms with Crippen molar-refractivity contribution in [2.45, 2.75) is 218 Å². The number of aliphatic hydroxyl groups is 2. The molecule has 5 aromatic rings. The summed E-state index contributed by atoms with van der Waals surface area (Å²) in [5.41, 5.74) is 18.5. The van der Waals surface area contributed by atoms with Crippen molar-refractivity contribution in [1.82, 2.24) is 49.9 Å². The number of esters is 1. The van der Waals surface area contributed by atoms with Gasteiger partial charge in [-0.3, -0.25) is 19.2 Å². The minimum atomic E-state index is -2.48. The monoisotopic (exact) mass is 1710 g/mol. The summed E-state index contributed by atoms with van der Waals surface area (Å²) < 4.78 is 85.6. The van der Waals surface area contributed by atoms with E-state index in [1.165, 1.54) is 7.11 Å². The lowest BCUT2D eigenvalue weighted by molar-refractivity contribution is -0.265. The summed E-state index contributed by atoms with van der Waals surface area (Å²) in [7, 11) is 8.48. The molecule has 4 aliphatic rings. The number of hydrogen-bond acceptors (Lipinski definition) is 31. The molecule has 34 heteroatoms. The molecule has 1 aromatic carbocycles. The van der Waals surface area contributed by atoms with Gasteiger partial charge in [0.05, 0.1) is 135 Å². The maximum absolute atomic E-state index is 14.7. The van der Waals surface area contributed by atoms with Crippen LogP contribution in [0.25, 0.3) is 33.4 Å². The molecule has 34 nitrogen and oxygen atoms in total. The van der Waals surface area contributed by atoms with Crippen LogP contribution < -0.4 is 21.7 Å². The van der Waals surface area contributed by atoms with E-state index in [2.05, 4.69) is 30.6 Å². The number of oxazole rings is 1. The Hall–Kier alpha value is -7.75. The first-order chi connectivity index (χ1) is 58.9. The minimum Gasteiger partial charge on any atom is -0.459 e. The van der Waals surface area contributed by atoms with Gasteiger partial charge in [0.2, 0.25) is 5.79 Å². The predicted molar refractivity (Wildman–Crippen MR) is 456 cm³/mol. The van der Waals surface area contributed by atoms with E-state index in [-0.39, 0.29) is 80.6 Å². The molecule has 15 atom stereocenters. The van der Waals surface area contributed by atoms with Crippen LogP contribution in [0.15, 0.2) is 82.7 Å². The molecule has 7 heterocycles. The number of hydrogen-bond donors (Lipinski definition) is 5. The Morgan fingerprint density at radius 1 is 0.738 bits per heavy atom. The van der Waals surface area contributed by atoms with E-state index >= 15 is 0 Å². The van der Waals surface area contributed by atoms with Crippen molar-refractivity contribution in [2.24, 2.45) is 35.3 Å². The van der Waals surface area contributed by atoms with Gasteiger partial charge in [-0.25, -0.2) is 24.1 Å². The molecule has 122 heavy (non-hydrogen) atoms. The Balaban J connectivity index is 0.616. The Morgan fingerprint density at radius 2 is 1.44 bits per heavy atom. The SMILES string of the molecule is CO[C@H]1C[C@@H]2CC[C@@H](C)[C@@](O)(O2)C(=O)C(=O)N2CCCC[C@H]2C(=O)O[C@H]([C@H](N)C[C@@H]2CC[C@@H](OCCOCc3cn(CCOCCOCCOCCOCCOCCOCCCNCCCCn4nc(-c5ccc6oc(N)nc6c5)c5c(N(C)C)ncnc54)nn3)[C@H](OC)C2)CC(=O)[C@H](C)/C=C(\C)[C@@H](O)[C@@H](OC)C(=O)[C@H](C)C[C@H](C)/C=C/C=CC=C1C. The van der Waals surface area contributed by atoms with Gasteiger partial charge in [0, 0.05) is 97.3 Å². The van der Waals surface area contributed by atoms with Crippen molar-refractivity contribution in [2.75, 3.05) is 158 Å². The molecule has 1 aliphatic carbocycles. The van der Waals surface area contributed by atoms with Crippen LogP contribution in [-0.2, 0) is 105 Å². The third-order valence-electron chi connectivity index (χ3n) is 23.1. The average molecular weight is 1710 g/mol. The number of aryl methyl sites for hydroxylation is 1. The van der Waals surface area contributed by atoms with E-state index in [4.69, 9.17) is 82.6 Å². The first kappa shape index (κ1) is 98.0. The summed E-state index contributed by atoms with van der Waals surface area (Å²) in [5, 5.41) is 41.6. The number of anilines is 2. The number of fused-ring (bicyclic) bond motifs is 5. The van der Waals surface area contributed by atoms with Gasteiger partial charge in [-0.05, 0) is 152 Å². The molecule has 678 valence electrons. The maximum atomic E-state index is 14.7. The zero-order valence-electron chi connectivity index (χ0n) is 73.5. The highest BCUT2D eigenvalue weighted by molar-refractivity contribution is 6.39. The molecule has 3 aliphatic heterocycles. The number of aliphatic hydroxyl groups excluding tert-OH is 1. The lowest BCUT2D eigenvalue weighted by atomic mass is 9.80. The molecule has 1 amide bonds. The van der Waals surface area contributed by atoms with Crippen LogP contribution >= 0.6 is 0 Å². The number of nitrogens with one attached hydrogen (secondary N) is 1. The number of Topliss-reactive ketones (excluding diaryl/α,β-unsaturated/α-hetero) is 3. The van der Waals surface area contributed by atoms with Gasteiger partial charge in [-0.2, -0.15) is 10.1 Å². The Bertz CT molecular complexity index is 4170. The van der Waals surface area contributed by atoms with E-state index in [0.29, 0.717) is 179 Å². The smallest absolute Gasteiger partial charge is 0.329 e. The number of nitrogens with zero attached hydrogens (tertiary/aromatic N) is 10. The fourth-order valence-electron chi connectivity index (χ4n) is 16.1. The van der Waals surface area contributed by atoms with E-state index < -0.39 is 83.8 Å². The summed E-state index contributed by atoms with van der Waals surface area (Å²) in [6.07, 6.45) is 16.5. The van der Waals surface area contributed by atoms with E-state index in [0.717, 1.165) is 70.9 Å². The lowest BCUT2D eigenvalue weighted by Crippen LogP contribution is -2.61. The molecule has 0 radical (unpaired) electrons. The summed E-state index contributed by atoms with van der Waals surface area (Å²) in [4.78, 5) is 88.7. The molecule has 1 saturated carbocycles. The van der Waals surface area contributed by atoms with Crippen molar-refractivity contribution in [3.8, 4) is 11.3 Å². The van der Waals surface area contributed by atoms with Crippen molar-refractivity contribution >= 4 is 63.2 Å². The first-order valence-corrected chi connectivity index (χ1v) is 43.5. The summed E-state index contributed by atoms with van der Waals surface area (Å²) in [6, 6.07) is 3.74. The van der Waals surface area contributed by atoms with Crippen LogP contribution in [0.1, 0.15) is 144 Å². The quantitative estimate of drug-likeness (QED) is 0.0107. The van der Waals surface area contributed by atoms with Crippen molar-refractivity contribution < 1.29 is 100 Å². The number of carbonyl (C=O) groups excluding carboxylic acids is 5. The van der Waals surface area contributed by atoms with E-state index in [1.807, 2.05) is 92.3 Å². The van der Waals surface area contributed by atoms with Gasteiger partial charge in [-0.1, -0.05) is 69.4 Å². The second kappa shape index (κ2) is 51.0. The number of benzene rings is 1. The summed E-state index contributed by atoms with van der Waals surface area (Å²) >= 11 is 0. The molecule has 0 spiro atoms. The minimum absolute atomic E-state index is 0.0164. The number of nitrogens with two attached hydrogens (primary N) is 2. The number of carbonyl (C=O) groups is 5. The van der Waals surface area contributed by atoms with Crippen LogP contribution in [0.5, 0.6) is 0 Å². The van der Waals surface area contributed by atoms with E-state index in [1.54, 1.807) is 59.0 Å².